The van der Waals surface area contributed by atoms with E-state index in [1.54, 1.807) is 6.07 Å². The number of aromatic nitrogens is 2. The number of hydrogen-bond donors (Lipinski definition) is 2. The predicted octanol–water partition coefficient (Wildman–Crippen LogP) is 5.12. The lowest BCUT2D eigenvalue weighted by atomic mass is 10.1. The Balaban J connectivity index is 2.00. The second-order valence-corrected chi connectivity index (χ2v) is 7.63. The Morgan fingerprint density at radius 3 is 2.71 bits per heavy atom. The molecule has 1 heterocycles. The van der Waals surface area contributed by atoms with Crippen molar-refractivity contribution in [3.8, 4) is 0 Å². The number of nitrogens with one attached hydrogen (secondary N) is 1. The summed E-state index contributed by atoms with van der Waals surface area (Å²) in [6.45, 7) is 5.70. The molecule has 1 aliphatic carbocycles. The molecule has 7 heteroatoms. The minimum atomic E-state index is -0.325. The fraction of sp³-hybridized carbons (Fsp3) is 0.333. The zero-order chi connectivity index (χ0) is 20.3. The third-order valence-corrected chi connectivity index (χ3v) is 5.75. The van der Waals surface area contributed by atoms with Crippen LogP contribution in [0.4, 0.5) is 0 Å². The van der Waals surface area contributed by atoms with Crippen molar-refractivity contribution in [1.29, 1.82) is 0 Å². The van der Waals surface area contributed by atoms with Crippen LogP contribution < -0.4 is 11.1 Å². The van der Waals surface area contributed by atoms with Crippen molar-refractivity contribution in [1.82, 2.24) is 15.1 Å². The van der Waals surface area contributed by atoms with Crippen LogP contribution in [0.15, 0.2) is 52.8 Å². The van der Waals surface area contributed by atoms with Gasteiger partial charge in [-0.3, -0.25) is 9.48 Å². The van der Waals surface area contributed by atoms with Crippen LogP contribution in [0.2, 0.25) is 0 Å². The van der Waals surface area contributed by atoms with E-state index >= 15 is 0 Å². The maximum atomic E-state index is 12.9. The van der Waals surface area contributed by atoms with E-state index in [1.807, 2.05) is 12.1 Å². The molecule has 0 bridgehead atoms. The van der Waals surface area contributed by atoms with Crippen LogP contribution in [0.25, 0.3) is 10.9 Å². The van der Waals surface area contributed by atoms with Crippen LogP contribution in [0, 0.1) is 0 Å². The first-order valence-corrected chi connectivity index (χ1v) is 10.2. The van der Waals surface area contributed by atoms with Crippen LogP contribution in [0.5, 0.6) is 0 Å². The highest BCUT2D eigenvalue weighted by Gasteiger charge is 2.22. The molecule has 1 fully saturated rings. The van der Waals surface area contributed by atoms with Crippen molar-refractivity contribution in [3.05, 3.63) is 64.1 Å². The minimum Gasteiger partial charge on any atom is -0.403 e. The van der Waals surface area contributed by atoms with E-state index in [4.69, 9.17) is 34.0 Å². The van der Waals surface area contributed by atoms with E-state index < -0.39 is 0 Å². The number of fused-ring (bicyclic) bond motifs is 1. The van der Waals surface area contributed by atoms with Crippen LogP contribution >= 0.6 is 23.2 Å². The molecule has 0 atom stereocenters. The van der Waals surface area contributed by atoms with Crippen molar-refractivity contribution in [2.75, 3.05) is 0 Å². The average molecular weight is 419 g/mol. The highest BCUT2D eigenvalue weighted by molar-refractivity contribution is 6.36. The van der Waals surface area contributed by atoms with Gasteiger partial charge in [-0.05, 0) is 37.5 Å². The third kappa shape index (κ3) is 3.96. The summed E-state index contributed by atoms with van der Waals surface area (Å²) in [5, 5.41) is 9.01. The SMILES string of the molecule is C=C/C(Cl)=C(NC(=O)c1ccc2c(CC)nn(C3CCCC3)c2c1)\C(Cl)=C/N. The molecule has 1 amide bonds. The molecule has 28 heavy (non-hydrogen) atoms. The number of hydrogen-bond acceptors (Lipinski definition) is 3. The average Bonchev–Trinajstić information content (AvgIpc) is 3.37. The monoisotopic (exact) mass is 418 g/mol. The van der Waals surface area contributed by atoms with Crippen molar-refractivity contribution < 1.29 is 4.79 Å². The Labute approximate surface area is 174 Å². The Hall–Kier alpha value is -2.24. The zero-order valence-corrected chi connectivity index (χ0v) is 17.4. The molecule has 0 saturated heterocycles. The van der Waals surface area contributed by atoms with Gasteiger partial charge < -0.3 is 11.1 Å². The lowest BCUT2D eigenvalue weighted by molar-refractivity contribution is 0.0967. The maximum absolute atomic E-state index is 12.9. The van der Waals surface area contributed by atoms with E-state index in [2.05, 4.69) is 23.5 Å². The van der Waals surface area contributed by atoms with Crippen molar-refractivity contribution in [3.63, 3.8) is 0 Å². The summed E-state index contributed by atoms with van der Waals surface area (Å²) in [5.41, 5.74) is 8.24. The molecule has 1 aliphatic rings. The van der Waals surface area contributed by atoms with Gasteiger partial charge in [-0.25, -0.2) is 0 Å². The van der Waals surface area contributed by atoms with Crippen LogP contribution in [-0.2, 0) is 6.42 Å². The second kappa shape index (κ2) is 8.84. The number of allylic oxidation sites excluding steroid dienone is 3. The molecular weight excluding hydrogens is 395 g/mol. The standard InChI is InChI=1S/C21H24Cl2N4O/c1-3-16(22)20(17(23)12-24)25-21(28)13-9-10-15-18(4-2)26-27(19(15)11-13)14-7-5-6-8-14/h3,9-12,14H,1,4-8,24H2,2H3,(H,25,28)/b17-12+,20-16-. The third-order valence-electron chi connectivity index (χ3n) is 5.09. The van der Waals surface area contributed by atoms with Gasteiger partial charge >= 0.3 is 0 Å². The highest BCUT2D eigenvalue weighted by Crippen LogP contribution is 2.33. The van der Waals surface area contributed by atoms with Crippen LogP contribution in [0.1, 0.15) is 54.7 Å². The number of aryl methyl sites for hydroxylation is 1. The van der Waals surface area contributed by atoms with Gasteiger partial charge in [-0.2, -0.15) is 5.10 Å². The van der Waals surface area contributed by atoms with Gasteiger partial charge in [0.1, 0.15) is 0 Å². The Bertz CT molecular complexity index is 968. The van der Waals surface area contributed by atoms with E-state index in [9.17, 15) is 4.79 Å². The van der Waals surface area contributed by atoms with E-state index in [-0.39, 0.29) is 21.7 Å². The van der Waals surface area contributed by atoms with Crippen LogP contribution in [0.3, 0.4) is 0 Å². The topological polar surface area (TPSA) is 72.9 Å². The molecule has 3 rings (SSSR count). The summed E-state index contributed by atoms with van der Waals surface area (Å²) in [4.78, 5) is 12.9. The summed E-state index contributed by atoms with van der Waals surface area (Å²) in [6.07, 6.45) is 8.09. The first kappa shape index (κ1) is 20.5. The molecule has 1 aromatic heterocycles. The fourth-order valence-corrected chi connectivity index (χ4v) is 3.98. The van der Waals surface area contributed by atoms with Gasteiger partial charge in [0.25, 0.3) is 5.91 Å². The summed E-state index contributed by atoms with van der Waals surface area (Å²) >= 11 is 12.2. The lowest BCUT2D eigenvalue weighted by Gasteiger charge is -2.13. The van der Waals surface area contributed by atoms with E-state index in [1.165, 1.54) is 25.1 Å². The molecule has 3 N–H and O–H groups in total. The molecule has 0 radical (unpaired) electrons. The van der Waals surface area contributed by atoms with Gasteiger partial charge in [-0.15, -0.1) is 0 Å². The number of halogens is 2. The molecule has 148 valence electrons. The summed E-state index contributed by atoms with van der Waals surface area (Å²) in [6, 6.07) is 6.02. The van der Waals surface area contributed by atoms with Crippen LogP contribution in [-0.4, -0.2) is 15.7 Å². The van der Waals surface area contributed by atoms with E-state index in [0.717, 1.165) is 35.9 Å². The number of amides is 1. The number of nitrogens with zero attached hydrogens (tertiary/aromatic N) is 2. The summed E-state index contributed by atoms with van der Waals surface area (Å²) in [7, 11) is 0. The Morgan fingerprint density at radius 2 is 2.11 bits per heavy atom. The molecule has 1 saturated carbocycles. The minimum absolute atomic E-state index is 0.142. The maximum Gasteiger partial charge on any atom is 0.255 e. The fourth-order valence-electron chi connectivity index (χ4n) is 3.64. The van der Waals surface area contributed by atoms with Gasteiger partial charge in [0, 0.05) is 17.1 Å². The largest absolute Gasteiger partial charge is 0.403 e. The first-order valence-electron chi connectivity index (χ1n) is 9.42. The molecule has 0 unspecified atom stereocenters. The van der Waals surface area contributed by atoms with Gasteiger partial charge in [-0.1, -0.05) is 55.6 Å². The summed E-state index contributed by atoms with van der Waals surface area (Å²) in [5.74, 6) is -0.325. The normalized spacial score (nSPS) is 16.3. The number of carbonyl (C=O) groups excluding carboxylic acids is 1. The molecular formula is C21H24Cl2N4O. The lowest BCUT2D eigenvalue weighted by Crippen LogP contribution is -2.24. The summed E-state index contributed by atoms with van der Waals surface area (Å²) < 4.78 is 2.10. The molecule has 5 nitrogen and oxygen atoms in total. The molecule has 0 aliphatic heterocycles. The van der Waals surface area contributed by atoms with Gasteiger partial charge in [0.05, 0.1) is 33.0 Å². The van der Waals surface area contributed by atoms with Crippen molar-refractivity contribution in [2.45, 2.75) is 45.1 Å². The molecule has 1 aromatic carbocycles. The predicted molar refractivity (Wildman–Crippen MR) is 115 cm³/mol. The second-order valence-electron chi connectivity index (χ2n) is 6.81. The van der Waals surface area contributed by atoms with Gasteiger partial charge in [0.15, 0.2) is 0 Å². The zero-order valence-electron chi connectivity index (χ0n) is 15.8. The Morgan fingerprint density at radius 1 is 1.39 bits per heavy atom. The van der Waals surface area contributed by atoms with E-state index in [0.29, 0.717) is 11.6 Å². The number of rotatable bonds is 6. The number of nitrogens with two attached hydrogens (primary N) is 1. The molecule has 0 spiro atoms. The Kier molecular flexibility index (Phi) is 6.47. The quantitative estimate of drug-likeness (QED) is 0.639. The smallest absolute Gasteiger partial charge is 0.255 e. The number of benzene rings is 1. The first-order chi connectivity index (χ1) is 13.5. The molecule has 2 aromatic rings. The highest BCUT2D eigenvalue weighted by atomic mass is 35.5. The van der Waals surface area contributed by atoms with Gasteiger partial charge in [0.2, 0.25) is 0 Å². The van der Waals surface area contributed by atoms with Crippen molar-refractivity contribution in [2.24, 2.45) is 5.73 Å². The number of carbonyl (C=O) groups is 1. The van der Waals surface area contributed by atoms with Crippen molar-refractivity contribution >= 4 is 40.0 Å².